The lowest BCUT2D eigenvalue weighted by molar-refractivity contribution is 0.104. The van der Waals surface area contributed by atoms with Crippen LogP contribution >= 0.6 is 0 Å². The minimum absolute atomic E-state index is 0.205. The molecular formula is C29H24N2O4. The lowest BCUT2D eigenvalue weighted by Gasteiger charge is -2.30. The van der Waals surface area contributed by atoms with Crippen molar-refractivity contribution in [2.45, 2.75) is 0 Å². The smallest absolute Gasteiger partial charge is 0.345 e. The first-order valence-electron chi connectivity index (χ1n) is 11.5. The number of allylic oxidation sites excluding steroid dienone is 1. The lowest BCUT2D eigenvalue weighted by atomic mass is 10.1. The quantitative estimate of drug-likeness (QED) is 0.168. The van der Waals surface area contributed by atoms with Crippen LogP contribution in [0.2, 0.25) is 0 Å². The van der Waals surface area contributed by atoms with Crippen molar-refractivity contribution < 1.29 is 13.9 Å². The first-order chi connectivity index (χ1) is 17.2. The van der Waals surface area contributed by atoms with E-state index in [0.29, 0.717) is 43.0 Å². The molecule has 6 nitrogen and oxygen atoms in total. The maximum Gasteiger partial charge on any atom is 0.345 e. The minimum atomic E-state index is -0.472. The molecule has 1 aliphatic rings. The molecule has 0 aliphatic carbocycles. The van der Waals surface area contributed by atoms with Gasteiger partial charge in [0.05, 0.1) is 30.2 Å². The molecule has 1 aromatic heterocycles. The van der Waals surface area contributed by atoms with Crippen LogP contribution in [-0.4, -0.2) is 38.3 Å². The second-order valence-electron chi connectivity index (χ2n) is 8.16. The standard InChI is InChI=1S/C29H24N2O4/c32-26(22-10-12-23(13-11-22)30-20-21-6-2-1-3-7-21)15-14-25-28(31-16-18-34-19-17-31)24-8-4-5-9-27(24)35-29(25)33/h1-15,20H,16-19H2/b15-14+,30-20?. The first-order valence-corrected chi connectivity index (χ1v) is 11.5. The second-order valence-corrected chi connectivity index (χ2v) is 8.16. The van der Waals surface area contributed by atoms with Crippen molar-refractivity contribution >= 4 is 40.4 Å². The molecule has 0 atom stereocenters. The van der Waals surface area contributed by atoms with E-state index in [1.165, 1.54) is 6.08 Å². The van der Waals surface area contributed by atoms with Crippen LogP contribution in [0.4, 0.5) is 11.4 Å². The Morgan fingerprint density at radius 3 is 2.37 bits per heavy atom. The van der Waals surface area contributed by atoms with Crippen LogP contribution in [0.25, 0.3) is 17.0 Å². The number of anilines is 1. The Kier molecular flexibility index (Phi) is 6.63. The topological polar surface area (TPSA) is 72.1 Å². The van der Waals surface area contributed by atoms with E-state index in [-0.39, 0.29) is 5.78 Å². The summed E-state index contributed by atoms with van der Waals surface area (Å²) in [5, 5.41) is 0.835. The summed E-state index contributed by atoms with van der Waals surface area (Å²) in [7, 11) is 0. The summed E-state index contributed by atoms with van der Waals surface area (Å²) in [6.45, 7) is 2.48. The minimum Gasteiger partial charge on any atom is -0.422 e. The van der Waals surface area contributed by atoms with E-state index in [9.17, 15) is 9.59 Å². The summed E-state index contributed by atoms with van der Waals surface area (Å²) in [6, 6.07) is 24.3. The largest absolute Gasteiger partial charge is 0.422 e. The number of nitrogens with zero attached hydrogens (tertiary/aromatic N) is 2. The third kappa shape index (κ3) is 5.13. The first kappa shape index (κ1) is 22.5. The molecule has 0 unspecified atom stereocenters. The van der Waals surface area contributed by atoms with Crippen LogP contribution in [0.1, 0.15) is 21.5 Å². The highest BCUT2D eigenvalue weighted by atomic mass is 16.5. The highest BCUT2D eigenvalue weighted by molar-refractivity contribution is 6.08. The van der Waals surface area contributed by atoms with Crippen molar-refractivity contribution in [1.82, 2.24) is 0 Å². The van der Waals surface area contributed by atoms with Crippen molar-refractivity contribution in [2.75, 3.05) is 31.2 Å². The summed E-state index contributed by atoms with van der Waals surface area (Å²) in [5.74, 6) is -0.205. The molecule has 0 amide bonds. The van der Waals surface area contributed by atoms with Gasteiger partial charge in [-0.15, -0.1) is 0 Å². The molecule has 0 spiro atoms. The Bertz CT molecular complexity index is 1450. The van der Waals surface area contributed by atoms with E-state index in [2.05, 4.69) is 9.89 Å². The Morgan fingerprint density at radius 2 is 1.60 bits per heavy atom. The zero-order valence-electron chi connectivity index (χ0n) is 19.1. The molecule has 0 saturated carbocycles. The number of ether oxygens (including phenoxy) is 1. The number of carbonyl (C=O) groups excluding carboxylic acids is 1. The van der Waals surface area contributed by atoms with Gasteiger partial charge >= 0.3 is 5.63 Å². The number of hydrogen-bond acceptors (Lipinski definition) is 6. The molecule has 3 aromatic carbocycles. The normalized spacial score (nSPS) is 14.2. The zero-order valence-corrected chi connectivity index (χ0v) is 19.1. The molecule has 1 aliphatic heterocycles. The summed E-state index contributed by atoms with van der Waals surface area (Å²) >= 11 is 0. The fraction of sp³-hybridized carbons (Fsp3) is 0.138. The van der Waals surface area contributed by atoms with Crippen LogP contribution in [0.15, 0.2) is 99.1 Å². The van der Waals surface area contributed by atoms with Crippen molar-refractivity contribution in [3.63, 3.8) is 0 Å². The SMILES string of the molecule is O=C(/C=C/c1c(N2CCOCC2)c2ccccc2oc1=O)c1ccc(N=Cc2ccccc2)cc1. The molecule has 1 fully saturated rings. The Balaban J connectivity index is 1.41. The molecular weight excluding hydrogens is 440 g/mol. The van der Waals surface area contributed by atoms with Crippen molar-refractivity contribution in [1.29, 1.82) is 0 Å². The maximum atomic E-state index is 12.9. The van der Waals surface area contributed by atoms with Crippen molar-refractivity contribution in [2.24, 2.45) is 4.99 Å². The lowest BCUT2D eigenvalue weighted by Crippen LogP contribution is -2.37. The van der Waals surface area contributed by atoms with E-state index < -0.39 is 5.63 Å². The number of morpholine rings is 1. The number of fused-ring (bicyclic) bond motifs is 1. The second kappa shape index (κ2) is 10.3. The molecule has 1 saturated heterocycles. The predicted octanol–water partition coefficient (Wildman–Crippen LogP) is 5.28. The number of rotatable bonds is 6. The number of ketones is 1. The number of para-hydroxylation sites is 1. The van der Waals surface area contributed by atoms with Gasteiger partial charge in [0.25, 0.3) is 0 Å². The summed E-state index contributed by atoms with van der Waals surface area (Å²) < 4.78 is 11.0. The molecule has 2 heterocycles. The van der Waals surface area contributed by atoms with Gasteiger partial charge in [-0.2, -0.15) is 0 Å². The van der Waals surface area contributed by atoms with E-state index >= 15 is 0 Å². The molecule has 5 rings (SSSR count). The average molecular weight is 465 g/mol. The van der Waals surface area contributed by atoms with Gasteiger partial charge in [0.1, 0.15) is 5.58 Å². The third-order valence-corrected chi connectivity index (χ3v) is 5.86. The van der Waals surface area contributed by atoms with Gasteiger partial charge in [-0.3, -0.25) is 9.79 Å². The molecule has 0 bridgehead atoms. The van der Waals surface area contributed by atoms with Gasteiger partial charge in [0.15, 0.2) is 5.78 Å². The molecule has 4 aromatic rings. The molecule has 174 valence electrons. The fourth-order valence-corrected chi connectivity index (χ4v) is 4.08. The van der Waals surface area contributed by atoms with Gasteiger partial charge < -0.3 is 14.1 Å². The van der Waals surface area contributed by atoms with Crippen LogP contribution in [-0.2, 0) is 4.74 Å². The van der Waals surface area contributed by atoms with Crippen molar-refractivity contribution in [3.05, 3.63) is 112 Å². The van der Waals surface area contributed by atoms with Crippen LogP contribution in [0, 0.1) is 0 Å². The third-order valence-electron chi connectivity index (χ3n) is 5.86. The van der Waals surface area contributed by atoms with Crippen LogP contribution < -0.4 is 10.5 Å². The highest BCUT2D eigenvalue weighted by Gasteiger charge is 2.20. The van der Waals surface area contributed by atoms with Gasteiger partial charge in [-0.05, 0) is 54.1 Å². The zero-order chi connectivity index (χ0) is 24.0. The summed E-state index contributed by atoms with van der Waals surface area (Å²) in [5.41, 5.74) is 3.45. The maximum absolute atomic E-state index is 12.9. The van der Waals surface area contributed by atoms with E-state index in [1.807, 2.05) is 48.5 Å². The summed E-state index contributed by atoms with van der Waals surface area (Å²) in [6.07, 6.45) is 4.77. The number of aliphatic imine (C=N–C) groups is 1. The van der Waals surface area contributed by atoms with E-state index in [4.69, 9.17) is 9.15 Å². The number of hydrogen-bond donors (Lipinski definition) is 0. The fourth-order valence-electron chi connectivity index (χ4n) is 4.08. The Labute approximate surface area is 202 Å². The molecule has 0 radical (unpaired) electrons. The highest BCUT2D eigenvalue weighted by Crippen LogP contribution is 2.30. The van der Waals surface area contributed by atoms with Crippen LogP contribution in [0.5, 0.6) is 0 Å². The van der Waals surface area contributed by atoms with Gasteiger partial charge in [0.2, 0.25) is 0 Å². The molecule has 35 heavy (non-hydrogen) atoms. The monoisotopic (exact) mass is 464 g/mol. The predicted molar refractivity (Wildman–Crippen MR) is 139 cm³/mol. The Hall–Kier alpha value is -4.29. The molecule has 6 heteroatoms. The molecule has 0 N–H and O–H groups in total. The van der Waals surface area contributed by atoms with Crippen LogP contribution in [0.3, 0.4) is 0 Å². The van der Waals surface area contributed by atoms with E-state index in [1.54, 1.807) is 42.6 Å². The average Bonchev–Trinajstić information content (AvgIpc) is 2.91. The summed E-state index contributed by atoms with van der Waals surface area (Å²) in [4.78, 5) is 32.3. The number of carbonyl (C=O) groups is 1. The van der Waals surface area contributed by atoms with Gasteiger partial charge in [0, 0.05) is 30.3 Å². The Morgan fingerprint density at radius 1 is 0.886 bits per heavy atom. The van der Waals surface area contributed by atoms with Gasteiger partial charge in [-0.25, -0.2) is 4.79 Å². The van der Waals surface area contributed by atoms with Gasteiger partial charge in [-0.1, -0.05) is 42.5 Å². The number of benzene rings is 3. The van der Waals surface area contributed by atoms with E-state index in [0.717, 1.165) is 22.3 Å². The van der Waals surface area contributed by atoms with Crippen molar-refractivity contribution in [3.8, 4) is 0 Å².